The second kappa shape index (κ2) is 4.87. The smallest absolute Gasteiger partial charge is 0.187 e. The molecule has 0 amide bonds. The van der Waals surface area contributed by atoms with Gasteiger partial charge >= 0.3 is 0 Å². The largest absolute Gasteiger partial charge is 0.420 e. The van der Waals surface area contributed by atoms with Crippen LogP contribution in [0.15, 0.2) is 0 Å². The number of hydrogen-bond donors (Lipinski definition) is 2. The summed E-state index contributed by atoms with van der Waals surface area (Å²) in [4.78, 5) is 0. The fourth-order valence-electron chi connectivity index (χ4n) is 1.03. The molecule has 11 heavy (non-hydrogen) atoms. The van der Waals surface area contributed by atoms with Crippen LogP contribution in [0, 0.1) is 0 Å². The third-order valence-electron chi connectivity index (χ3n) is 1.84. The Morgan fingerprint density at radius 3 is 2.36 bits per heavy atom. The Bertz CT molecular complexity index is 109. The molecule has 4 heteroatoms. The van der Waals surface area contributed by atoms with Gasteiger partial charge in [0.1, 0.15) is 0 Å². The van der Waals surface area contributed by atoms with Gasteiger partial charge in [-0.25, -0.2) is 0 Å². The molecule has 0 heterocycles. The maximum Gasteiger partial charge on any atom is 0.187 e. The number of nitrogens with two attached hydrogens (primary N) is 2. The number of rotatable bonds is 5. The van der Waals surface area contributed by atoms with E-state index in [1.807, 2.05) is 0 Å². The highest BCUT2D eigenvalue weighted by atomic mass is 28.4. The summed E-state index contributed by atoms with van der Waals surface area (Å²) < 4.78 is 5.37. The first-order valence-electron chi connectivity index (χ1n) is 4.02. The van der Waals surface area contributed by atoms with E-state index >= 15 is 0 Å². The van der Waals surface area contributed by atoms with Crippen LogP contribution in [-0.4, -0.2) is 28.0 Å². The van der Waals surface area contributed by atoms with Crippen LogP contribution in [0.3, 0.4) is 0 Å². The van der Waals surface area contributed by atoms with Crippen molar-refractivity contribution in [3.05, 3.63) is 0 Å². The van der Waals surface area contributed by atoms with Crippen LogP contribution < -0.4 is 11.5 Å². The van der Waals surface area contributed by atoms with E-state index in [4.69, 9.17) is 15.9 Å². The minimum absolute atomic E-state index is 0.224. The van der Waals surface area contributed by atoms with E-state index in [0.29, 0.717) is 6.54 Å². The highest BCUT2D eigenvalue weighted by Crippen LogP contribution is 2.12. The minimum Gasteiger partial charge on any atom is -0.420 e. The molecule has 0 aromatic carbocycles. The first kappa shape index (κ1) is 11.1. The zero-order chi connectivity index (χ0) is 8.91. The lowest BCUT2D eigenvalue weighted by molar-refractivity contribution is 0.397. The summed E-state index contributed by atoms with van der Waals surface area (Å²) in [7, 11) is 0.307. The normalized spacial score (nSPS) is 15.0. The van der Waals surface area contributed by atoms with E-state index in [-0.39, 0.29) is 6.04 Å². The zero-order valence-electron chi connectivity index (χ0n) is 7.76. The van der Waals surface area contributed by atoms with Crippen LogP contribution in [0.5, 0.6) is 0 Å². The lowest BCUT2D eigenvalue weighted by Gasteiger charge is -2.23. The van der Waals surface area contributed by atoms with Gasteiger partial charge in [0, 0.05) is 13.2 Å². The monoisotopic (exact) mass is 176 g/mol. The maximum absolute atomic E-state index is 5.82. The Hall–Kier alpha value is 0.0969. The maximum atomic E-state index is 5.82. The SMILES string of the molecule is CO[Si](C)(C)CC(N)CCN. The summed E-state index contributed by atoms with van der Waals surface area (Å²) in [5.41, 5.74) is 11.2. The van der Waals surface area contributed by atoms with Gasteiger partial charge in [0.25, 0.3) is 0 Å². The van der Waals surface area contributed by atoms with Gasteiger partial charge in [0.15, 0.2) is 8.32 Å². The van der Waals surface area contributed by atoms with Gasteiger partial charge in [0.2, 0.25) is 0 Å². The van der Waals surface area contributed by atoms with E-state index in [2.05, 4.69) is 13.1 Å². The van der Waals surface area contributed by atoms with Gasteiger partial charge in [-0.1, -0.05) is 0 Å². The molecule has 0 bridgehead atoms. The standard InChI is InChI=1S/C7H20N2OSi/c1-10-11(2,3)6-7(9)4-5-8/h7H,4-6,8-9H2,1-3H3. The molecule has 0 rings (SSSR count). The molecule has 0 aromatic heterocycles. The summed E-state index contributed by atoms with van der Waals surface area (Å²) >= 11 is 0. The van der Waals surface area contributed by atoms with Crippen molar-refractivity contribution in [1.82, 2.24) is 0 Å². The fraction of sp³-hybridized carbons (Fsp3) is 1.00. The second-order valence-corrected chi connectivity index (χ2v) is 7.84. The predicted molar refractivity (Wildman–Crippen MR) is 50.9 cm³/mol. The van der Waals surface area contributed by atoms with Gasteiger partial charge in [-0.2, -0.15) is 0 Å². The highest BCUT2D eigenvalue weighted by molar-refractivity contribution is 6.71. The third kappa shape index (κ3) is 5.38. The molecule has 0 aliphatic rings. The van der Waals surface area contributed by atoms with Crippen LogP contribution >= 0.6 is 0 Å². The van der Waals surface area contributed by atoms with E-state index in [9.17, 15) is 0 Å². The molecule has 1 unspecified atom stereocenters. The van der Waals surface area contributed by atoms with Crippen molar-refractivity contribution in [2.75, 3.05) is 13.7 Å². The van der Waals surface area contributed by atoms with E-state index in [1.165, 1.54) is 0 Å². The molecule has 0 aliphatic heterocycles. The molecule has 1 atom stereocenters. The molecule has 0 aromatic rings. The average molecular weight is 176 g/mol. The van der Waals surface area contributed by atoms with Crippen molar-refractivity contribution in [3.63, 3.8) is 0 Å². The molecule has 0 radical (unpaired) electrons. The van der Waals surface area contributed by atoms with Crippen LogP contribution in [0.1, 0.15) is 6.42 Å². The van der Waals surface area contributed by atoms with Crippen LogP contribution in [0.2, 0.25) is 19.1 Å². The molecule has 3 nitrogen and oxygen atoms in total. The summed E-state index contributed by atoms with van der Waals surface area (Å²) in [6, 6.07) is 1.22. The van der Waals surface area contributed by atoms with Crippen molar-refractivity contribution < 1.29 is 4.43 Å². The van der Waals surface area contributed by atoms with Gasteiger partial charge in [-0.3, -0.25) is 0 Å². The Labute approximate surface area is 70.2 Å². The van der Waals surface area contributed by atoms with Crippen molar-refractivity contribution in [2.45, 2.75) is 31.6 Å². The average Bonchev–Trinajstić information content (AvgIpc) is 1.87. The highest BCUT2D eigenvalue weighted by Gasteiger charge is 2.23. The van der Waals surface area contributed by atoms with Gasteiger partial charge in [0.05, 0.1) is 0 Å². The quantitative estimate of drug-likeness (QED) is 0.600. The van der Waals surface area contributed by atoms with Crippen molar-refractivity contribution >= 4 is 8.32 Å². The molecule has 0 spiro atoms. The second-order valence-electron chi connectivity index (χ2n) is 3.51. The molecule has 0 aliphatic carbocycles. The molecular weight excluding hydrogens is 156 g/mol. The summed E-state index contributed by atoms with van der Waals surface area (Å²) in [6.45, 7) is 5.02. The summed E-state index contributed by atoms with van der Waals surface area (Å²) in [5, 5.41) is 0. The lowest BCUT2D eigenvalue weighted by Crippen LogP contribution is -2.38. The topological polar surface area (TPSA) is 61.3 Å². The van der Waals surface area contributed by atoms with Gasteiger partial charge in [-0.15, -0.1) is 0 Å². The summed E-state index contributed by atoms with van der Waals surface area (Å²) in [6.07, 6.45) is 0.903. The van der Waals surface area contributed by atoms with E-state index in [0.717, 1.165) is 12.5 Å². The molecule has 0 saturated heterocycles. The summed E-state index contributed by atoms with van der Waals surface area (Å²) in [5.74, 6) is 0. The fourth-order valence-corrected chi connectivity index (χ4v) is 2.66. The molecule has 0 fully saturated rings. The lowest BCUT2D eigenvalue weighted by atomic mass is 10.2. The Morgan fingerprint density at radius 2 is 2.00 bits per heavy atom. The van der Waals surface area contributed by atoms with E-state index in [1.54, 1.807) is 7.11 Å². The van der Waals surface area contributed by atoms with Crippen molar-refractivity contribution in [3.8, 4) is 0 Å². The molecule has 68 valence electrons. The Balaban J connectivity index is 3.64. The Morgan fingerprint density at radius 1 is 1.45 bits per heavy atom. The van der Waals surface area contributed by atoms with Gasteiger partial charge in [-0.05, 0) is 32.1 Å². The Kier molecular flexibility index (Phi) is 4.91. The van der Waals surface area contributed by atoms with E-state index < -0.39 is 8.32 Å². The van der Waals surface area contributed by atoms with Crippen LogP contribution in [0.4, 0.5) is 0 Å². The number of hydrogen-bond acceptors (Lipinski definition) is 3. The molecule has 4 N–H and O–H groups in total. The first-order valence-corrected chi connectivity index (χ1v) is 7.14. The zero-order valence-corrected chi connectivity index (χ0v) is 8.76. The first-order chi connectivity index (χ1) is 5.02. The minimum atomic E-state index is -1.46. The van der Waals surface area contributed by atoms with Crippen molar-refractivity contribution in [1.29, 1.82) is 0 Å². The van der Waals surface area contributed by atoms with Crippen LogP contribution in [0.25, 0.3) is 0 Å². The van der Waals surface area contributed by atoms with Crippen molar-refractivity contribution in [2.24, 2.45) is 11.5 Å². The predicted octanol–water partition coefficient (Wildman–Crippen LogP) is 0.514. The molecule has 0 saturated carbocycles. The van der Waals surface area contributed by atoms with Crippen LogP contribution in [-0.2, 0) is 4.43 Å². The molecular formula is C7H20N2OSi. The van der Waals surface area contributed by atoms with Gasteiger partial charge < -0.3 is 15.9 Å². The third-order valence-corrected chi connectivity index (χ3v) is 4.46.